The number of carbonyl (C=O) groups is 1. The van der Waals surface area contributed by atoms with Crippen LogP contribution >= 0.6 is 23.2 Å². The normalized spacial score (nSPS) is 11.3. The number of nitrogens with one attached hydrogen (secondary N) is 1. The van der Waals surface area contributed by atoms with Gasteiger partial charge >= 0.3 is 0 Å². The summed E-state index contributed by atoms with van der Waals surface area (Å²) in [5, 5.41) is 4.09. The number of benzene rings is 2. The molecule has 0 aromatic heterocycles. The molecule has 4 heteroatoms. The van der Waals surface area contributed by atoms with Crippen molar-refractivity contribution >= 4 is 34.7 Å². The van der Waals surface area contributed by atoms with Gasteiger partial charge in [-0.1, -0.05) is 53.0 Å². The second-order valence-corrected chi connectivity index (χ2v) is 5.63. The molecule has 0 radical (unpaired) electrons. The largest absolute Gasteiger partial charge is 0.359 e. The summed E-state index contributed by atoms with van der Waals surface area (Å²) in [7, 11) is 0. The van der Waals surface area contributed by atoms with Crippen molar-refractivity contribution in [1.82, 2.24) is 0 Å². The maximum Gasteiger partial charge on any atom is 0.187 e. The van der Waals surface area contributed by atoms with E-state index in [2.05, 4.69) is 5.32 Å². The number of rotatable bonds is 4. The van der Waals surface area contributed by atoms with Gasteiger partial charge in [0.15, 0.2) is 5.78 Å². The van der Waals surface area contributed by atoms with E-state index in [0.29, 0.717) is 15.6 Å². The Morgan fingerprint density at radius 2 is 1.71 bits per heavy atom. The number of aryl methyl sites for hydroxylation is 1. The highest BCUT2D eigenvalue weighted by Gasteiger charge is 2.04. The van der Waals surface area contributed by atoms with Gasteiger partial charge in [0.05, 0.1) is 10.0 Å². The molecule has 108 valence electrons. The lowest BCUT2D eigenvalue weighted by atomic mass is 10.1. The molecule has 0 atom stereocenters. The Bertz CT molecular complexity index is 690. The Hall–Kier alpha value is -1.77. The van der Waals surface area contributed by atoms with Crippen molar-refractivity contribution in [2.45, 2.75) is 13.8 Å². The summed E-state index contributed by atoms with van der Waals surface area (Å²) in [4.78, 5) is 12.1. The SMILES string of the molecule is CC(=CC(=O)c1ccc(C)cc1)Nc1ccc(Cl)c(Cl)c1. The Morgan fingerprint density at radius 1 is 1.05 bits per heavy atom. The van der Waals surface area contributed by atoms with Gasteiger partial charge < -0.3 is 5.32 Å². The molecule has 0 amide bonds. The lowest BCUT2D eigenvalue weighted by Gasteiger charge is -2.07. The maximum atomic E-state index is 12.1. The highest BCUT2D eigenvalue weighted by atomic mass is 35.5. The molecule has 0 aliphatic rings. The third-order valence-electron chi connectivity index (χ3n) is 2.94. The van der Waals surface area contributed by atoms with Crippen molar-refractivity contribution in [1.29, 1.82) is 0 Å². The van der Waals surface area contributed by atoms with Crippen LogP contribution in [-0.4, -0.2) is 5.78 Å². The quantitative estimate of drug-likeness (QED) is 0.595. The van der Waals surface area contributed by atoms with Crippen molar-refractivity contribution in [2.75, 3.05) is 5.32 Å². The van der Waals surface area contributed by atoms with Gasteiger partial charge in [0, 0.05) is 23.0 Å². The first kappa shape index (κ1) is 15.6. The Morgan fingerprint density at radius 3 is 2.33 bits per heavy atom. The fourth-order valence-electron chi connectivity index (χ4n) is 1.84. The number of carbonyl (C=O) groups excluding carboxylic acids is 1. The van der Waals surface area contributed by atoms with Crippen LogP contribution in [0.15, 0.2) is 54.2 Å². The summed E-state index contributed by atoms with van der Waals surface area (Å²) in [6, 6.07) is 12.7. The van der Waals surface area contributed by atoms with E-state index in [-0.39, 0.29) is 5.78 Å². The summed E-state index contributed by atoms with van der Waals surface area (Å²) < 4.78 is 0. The Kier molecular flexibility index (Phi) is 5.05. The fraction of sp³-hybridized carbons (Fsp3) is 0.118. The van der Waals surface area contributed by atoms with Crippen LogP contribution in [0.4, 0.5) is 5.69 Å². The number of halogens is 2. The van der Waals surface area contributed by atoms with Gasteiger partial charge in [0.25, 0.3) is 0 Å². The van der Waals surface area contributed by atoms with Gasteiger partial charge in [-0.15, -0.1) is 0 Å². The standard InChI is InChI=1S/C17H15Cl2NO/c1-11-3-5-13(6-4-11)17(21)9-12(2)20-14-7-8-15(18)16(19)10-14/h3-10,20H,1-2H3. The predicted octanol–water partition coefficient (Wildman–Crippen LogP) is 5.50. The molecule has 1 N–H and O–H groups in total. The van der Waals surface area contributed by atoms with Gasteiger partial charge in [0.1, 0.15) is 0 Å². The zero-order chi connectivity index (χ0) is 15.4. The number of hydrogen-bond acceptors (Lipinski definition) is 2. The van der Waals surface area contributed by atoms with Crippen molar-refractivity contribution in [3.05, 3.63) is 75.4 Å². The van der Waals surface area contributed by atoms with Crippen LogP contribution in [0.2, 0.25) is 10.0 Å². The molecular weight excluding hydrogens is 305 g/mol. The van der Waals surface area contributed by atoms with E-state index in [1.165, 1.54) is 0 Å². The molecule has 0 heterocycles. The highest BCUT2D eigenvalue weighted by molar-refractivity contribution is 6.42. The van der Waals surface area contributed by atoms with Crippen molar-refractivity contribution < 1.29 is 4.79 Å². The molecular formula is C17H15Cl2NO. The molecule has 2 aromatic carbocycles. The number of ketones is 1. The predicted molar refractivity (Wildman–Crippen MR) is 89.4 cm³/mol. The topological polar surface area (TPSA) is 29.1 Å². The van der Waals surface area contributed by atoms with E-state index in [9.17, 15) is 4.79 Å². The second kappa shape index (κ2) is 6.79. The highest BCUT2D eigenvalue weighted by Crippen LogP contribution is 2.25. The van der Waals surface area contributed by atoms with E-state index in [4.69, 9.17) is 23.2 Å². The van der Waals surface area contributed by atoms with Crippen molar-refractivity contribution in [3.63, 3.8) is 0 Å². The lowest BCUT2D eigenvalue weighted by molar-refractivity contribution is 0.104. The van der Waals surface area contributed by atoms with Crippen LogP contribution in [0.1, 0.15) is 22.8 Å². The molecule has 0 aliphatic carbocycles. The van der Waals surface area contributed by atoms with Gasteiger partial charge in [0.2, 0.25) is 0 Å². The molecule has 21 heavy (non-hydrogen) atoms. The summed E-state index contributed by atoms with van der Waals surface area (Å²) in [6.45, 7) is 3.82. The minimum Gasteiger partial charge on any atom is -0.359 e. The average molecular weight is 320 g/mol. The molecule has 0 spiro atoms. The minimum atomic E-state index is -0.0416. The minimum absolute atomic E-state index is 0.0416. The number of anilines is 1. The summed E-state index contributed by atoms with van der Waals surface area (Å²) in [6.07, 6.45) is 1.56. The van der Waals surface area contributed by atoms with Crippen LogP contribution < -0.4 is 5.32 Å². The first-order chi connectivity index (χ1) is 9.95. The average Bonchev–Trinajstić information content (AvgIpc) is 2.43. The van der Waals surface area contributed by atoms with E-state index in [0.717, 1.165) is 16.9 Å². The monoisotopic (exact) mass is 319 g/mol. The third kappa shape index (κ3) is 4.35. The molecule has 2 aromatic rings. The van der Waals surface area contributed by atoms with Crippen molar-refractivity contribution in [2.24, 2.45) is 0 Å². The van der Waals surface area contributed by atoms with Crippen molar-refractivity contribution in [3.8, 4) is 0 Å². The van der Waals surface area contributed by atoms with Crippen LogP contribution in [-0.2, 0) is 0 Å². The van der Waals surface area contributed by atoms with Gasteiger partial charge in [-0.3, -0.25) is 4.79 Å². The molecule has 2 nitrogen and oxygen atoms in total. The Balaban J connectivity index is 2.11. The first-order valence-corrected chi connectivity index (χ1v) is 7.22. The molecule has 0 fully saturated rings. The lowest BCUT2D eigenvalue weighted by Crippen LogP contribution is -2.01. The van der Waals surface area contributed by atoms with Gasteiger partial charge in [-0.05, 0) is 32.0 Å². The van der Waals surface area contributed by atoms with Gasteiger partial charge in [-0.2, -0.15) is 0 Å². The molecule has 0 bridgehead atoms. The zero-order valence-electron chi connectivity index (χ0n) is 11.8. The number of hydrogen-bond donors (Lipinski definition) is 1. The first-order valence-electron chi connectivity index (χ1n) is 6.47. The van der Waals surface area contributed by atoms with E-state index < -0.39 is 0 Å². The summed E-state index contributed by atoms with van der Waals surface area (Å²) in [5.74, 6) is -0.0416. The zero-order valence-corrected chi connectivity index (χ0v) is 13.3. The van der Waals surface area contributed by atoms with Crippen LogP contribution in [0, 0.1) is 6.92 Å². The van der Waals surface area contributed by atoms with E-state index in [1.54, 1.807) is 18.2 Å². The second-order valence-electron chi connectivity index (χ2n) is 4.81. The summed E-state index contributed by atoms with van der Waals surface area (Å²) in [5.41, 5.74) is 3.31. The number of allylic oxidation sites excluding steroid dienone is 2. The van der Waals surface area contributed by atoms with E-state index >= 15 is 0 Å². The van der Waals surface area contributed by atoms with Crippen LogP contribution in [0.5, 0.6) is 0 Å². The molecule has 0 unspecified atom stereocenters. The molecule has 0 saturated heterocycles. The van der Waals surface area contributed by atoms with Crippen LogP contribution in [0.3, 0.4) is 0 Å². The molecule has 2 rings (SSSR count). The smallest absolute Gasteiger partial charge is 0.187 e. The van der Waals surface area contributed by atoms with E-state index in [1.807, 2.05) is 44.2 Å². The Labute approximate surface area is 134 Å². The van der Waals surface area contributed by atoms with Gasteiger partial charge in [-0.25, -0.2) is 0 Å². The molecule has 0 aliphatic heterocycles. The maximum absolute atomic E-state index is 12.1. The fourth-order valence-corrected chi connectivity index (χ4v) is 2.13. The van der Waals surface area contributed by atoms with Crippen LogP contribution in [0.25, 0.3) is 0 Å². The third-order valence-corrected chi connectivity index (χ3v) is 3.68. The summed E-state index contributed by atoms with van der Waals surface area (Å²) >= 11 is 11.8. The molecule has 0 saturated carbocycles.